The maximum atomic E-state index is 12.7. The average Bonchev–Trinajstić information content (AvgIpc) is 3.50. The highest BCUT2D eigenvalue weighted by Gasteiger charge is 2.27. The number of ether oxygens (including phenoxy) is 4. The Morgan fingerprint density at radius 3 is 2.15 bits per heavy atom. The fourth-order valence-electron chi connectivity index (χ4n) is 3.16. The number of carbonyl (C=O) groups excluding carboxylic acids is 4. The van der Waals surface area contributed by atoms with E-state index in [0.29, 0.717) is 27.0 Å². The summed E-state index contributed by atoms with van der Waals surface area (Å²) in [6.07, 6.45) is 0. The number of nitrogens with zero attached hydrogens (tertiary/aromatic N) is 2. The normalized spacial score (nSPS) is 10.5. The molecule has 12 nitrogen and oxygen atoms in total. The number of anilines is 2. The van der Waals surface area contributed by atoms with Gasteiger partial charge in [-0.15, -0.1) is 21.5 Å². The molecule has 39 heavy (non-hydrogen) atoms. The lowest BCUT2D eigenvalue weighted by Gasteiger charge is -2.07. The van der Waals surface area contributed by atoms with Gasteiger partial charge in [0.1, 0.15) is 21.4 Å². The highest BCUT2D eigenvalue weighted by Crippen LogP contribution is 2.35. The Labute approximate surface area is 236 Å². The van der Waals surface area contributed by atoms with Gasteiger partial charge in [-0.3, -0.25) is 14.9 Å². The van der Waals surface area contributed by atoms with Crippen molar-refractivity contribution in [3.05, 3.63) is 39.8 Å². The molecule has 15 heteroatoms. The molecule has 0 radical (unpaired) electrons. The van der Waals surface area contributed by atoms with E-state index < -0.39 is 23.8 Å². The lowest BCUT2D eigenvalue weighted by atomic mass is 10.1. The molecule has 0 fully saturated rings. The minimum Gasteiger partial charge on any atom is -0.497 e. The molecule has 0 saturated carbocycles. The quantitative estimate of drug-likeness (QED) is 0.175. The van der Waals surface area contributed by atoms with Gasteiger partial charge in [0.05, 0.1) is 38.7 Å². The summed E-state index contributed by atoms with van der Waals surface area (Å²) in [5.74, 6) is -1.26. The van der Waals surface area contributed by atoms with Crippen LogP contribution in [-0.4, -0.2) is 67.1 Å². The number of carbonyl (C=O) groups is 4. The van der Waals surface area contributed by atoms with Crippen molar-refractivity contribution in [1.29, 1.82) is 0 Å². The molecule has 0 aliphatic heterocycles. The van der Waals surface area contributed by atoms with E-state index in [1.807, 2.05) is 0 Å². The van der Waals surface area contributed by atoms with Gasteiger partial charge in [-0.2, -0.15) is 0 Å². The summed E-state index contributed by atoms with van der Waals surface area (Å²) >= 11 is 3.13. The van der Waals surface area contributed by atoms with Gasteiger partial charge in [-0.25, -0.2) is 9.59 Å². The molecule has 0 unspecified atom stereocenters. The van der Waals surface area contributed by atoms with Crippen LogP contribution in [0.25, 0.3) is 0 Å². The molecule has 0 atom stereocenters. The van der Waals surface area contributed by atoms with Crippen LogP contribution >= 0.6 is 34.4 Å². The number of nitrogens with one attached hydrogen (secondary N) is 2. The van der Waals surface area contributed by atoms with Crippen LogP contribution in [0.5, 0.6) is 11.5 Å². The fourth-order valence-corrected chi connectivity index (χ4v) is 5.81. The summed E-state index contributed by atoms with van der Waals surface area (Å²) in [5, 5.41) is 13.7. The van der Waals surface area contributed by atoms with Crippen LogP contribution in [-0.2, 0) is 14.3 Å². The zero-order chi connectivity index (χ0) is 28.5. The number of esters is 2. The Hall–Kier alpha value is -3.69. The van der Waals surface area contributed by atoms with Crippen LogP contribution in [0.3, 0.4) is 0 Å². The van der Waals surface area contributed by atoms with E-state index in [1.54, 1.807) is 39.0 Å². The molecular formula is C24H26N4O8S3. The van der Waals surface area contributed by atoms with Gasteiger partial charge < -0.3 is 24.3 Å². The minimum atomic E-state index is -0.650. The van der Waals surface area contributed by atoms with Gasteiger partial charge in [-0.05, 0) is 38.5 Å². The molecule has 0 aliphatic carbocycles. The average molecular weight is 595 g/mol. The first-order valence-corrected chi connectivity index (χ1v) is 14.1. The Morgan fingerprint density at radius 2 is 1.54 bits per heavy atom. The lowest BCUT2D eigenvalue weighted by molar-refractivity contribution is -0.113. The Balaban J connectivity index is 1.65. The van der Waals surface area contributed by atoms with E-state index in [4.69, 9.17) is 18.9 Å². The van der Waals surface area contributed by atoms with Crippen molar-refractivity contribution in [2.75, 3.05) is 43.8 Å². The van der Waals surface area contributed by atoms with Crippen molar-refractivity contribution in [3.63, 3.8) is 0 Å². The first-order valence-electron chi connectivity index (χ1n) is 11.5. The highest BCUT2D eigenvalue weighted by molar-refractivity contribution is 8.01. The molecule has 2 heterocycles. The molecule has 0 aliphatic rings. The molecule has 0 bridgehead atoms. The summed E-state index contributed by atoms with van der Waals surface area (Å²) in [5.41, 5.74) is 0.789. The van der Waals surface area contributed by atoms with E-state index in [0.717, 1.165) is 34.4 Å². The van der Waals surface area contributed by atoms with E-state index in [2.05, 4.69) is 20.8 Å². The molecule has 2 aromatic heterocycles. The third kappa shape index (κ3) is 7.68. The zero-order valence-corrected chi connectivity index (χ0v) is 24.2. The predicted octanol–water partition coefficient (Wildman–Crippen LogP) is 4.26. The maximum Gasteiger partial charge on any atom is 0.348 e. The van der Waals surface area contributed by atoms with Crippen LogP contribution in [0.2, 0.25) is 0 Å². The molecule has 3 aromatic rings. The van der Waals surface area contributed by atoms with Gasteiger partial charge in [0.25, 0.3) is 5.91 Å². The third-order valence-corrected chi connectivity index (χ3v) is 8.07. The number of hydrogen-bond donors (Lipinski definition) is 2. The molecule has 208 valence electrons. The Kier molecular flexibility index (Phi) is 10.7. The molecule has 3 rings (SSSR count). The van der Waals surface area contributed by atoms with Gasteiger partial charge in [-0.1, -0.05) is 23.1 Å². The van der Waals surface area contributed by atoms with Gasteiger partial charge in [0.15, 0.2) is 4.34 Å². The monoisotopic (exact) mass is 594 g/mol. The van der Waals surface area contributed by atoms with Gasteiger partial charge >= 0.3 is 11.9 Å². The lowest BCUT2D eigenvalue weighted by Crippen LogP contribution is -2.16. The second-order valence-corrected chi connectivity index (χ2v) is 10.7. The number of benzene rings is 1. The number of hydrogen-bond acceptors (Lipinski definition) is 13. The standard InChI is InChI=1S/C24H26N4O8S3/c1-6-35-21(31)17-12(3)18(22(32)36-7-2)38-20(17)25-16(29)11-37-24-28-27-23(39-24)26-19(30)13-8-14(33-4)10-15(9-13)34-5/h8-10H,6-7,11H2,1-5H3,(H,25,29)(H,26,27,30). The van der Waals surface area contributed by atoms with Crippen molar-refractivity contribution < 1.29 is 38.1 Å². The SMILES string of the molecule is CCOC(=O)c1sc(NC(=O)CSc2nnc(NC(=O)c3cc(OC)cc(OC)c3)s2)c(C(=O)OCC)c1C. The molecule has 1 aromatic carbocycles. The van der Waals surface area contributed by atoms with Gasteiger partial charge in [0.2, 0.25) is 11.0 Å². The minimum absolute atomic E-state index is 0.0659. The Bertz CT molecular complexity index is 1350. The summed E-state index contributed by atoms with van der Waals surface area (Å²) < 4.78 is 21.0. The largest absolute Gasteiger partial charge is 0.497 e. The number of thioether (sulfide) groups is 1. The predicted molar refractivity (Wildman–Crippen MR) is 148 cm³/mol. The van der Waals surface area contributed by atoms with E-state index in [-0.39, 0.29) is 39.5 Å². The number of thiophene rings is 1. The fraction of sp³-hybridized carbons (Fsp3) is 0.333. The summed E-state index contributed by atoms with van der Waals surface area (Å²) in [4.78, 5) is 50.4. The first-order chi connectivity index (χ1) is 18.7. The number of rotatable bonds is 12. The topological polar surface area (TPSA) is 155 Å². The number of aromatic nitrogens is 2. The van der Waals surface area contributed by atoms with Crippen LogP contribution in [0.4, 0.5) is 10.1 Å². The van der Waals surface area contributed by atoms with E-state index >= 15 is 0 Å². The van der Waals surface area contributed by atoms with Crippen LogP contribution in [0.1, 0.15) is 49.8 Å². The number of methoxy groups -OCH3 is 2. The van der Waals surface area contributed by atoms with Crippen molar-refractivity contribution in [3.8, 4) is 11.5 Å². The number of amides is 2. The van der Waals surface area contributed by atoms with Crippen molar-refractivity contribution in [2.45, 2.75) is 25.1 Å². The highest BCUT2D eigenvalue weighted by atomic mass is 32.2. The van der Waals surface area contributed by atoms with E-state index in [9.17, 15) is 19.2 Å². The van der Waals surface area contributed by atoms with Crippen LogP contribution in [0.15, 0.2) is 22.5 Å². The van der Waals surface area contributed by atoms with Crippen LogP contribution < -0.4 is 20.1 Å². The summed E-state index contributed by atoms with van der Waals surface area (Å²) in [6.45, 7) is 5.23. The second kappa shape index (κ2) is 13.9. The molecule has 2 amide bonds. The smallest absolute Gasteiger partial charge is 0.348 e. The van der Waals surface area contributed by atoms with Crippen molar-refractivity contribution >= 4 is 68.3 Å². The Morgan fingerprint density at radius 1 is 0.897 bits per heavy atom. The molecule has 0 saturated heterocycles. The van der Waals surface area contributed by atoms with Gasteiger partial charge in [0, 0.05) is 11.6 Å². The van der Waals surface area contributed by atoms with Crippen LogP contribution in [0, 0.1) is 6.92 Å². The summed E-state index contributed by atoms with van der Waals surface area (Å²) in [6, 6.07) is 4.76. The zero-order valence-electron chi connectivity index (χ0n) is 21.7. The molecule has 0 spiro atoms. The first kappa shape index (κ1) is 29.9. The van der Waals surface area contributed by atoms with E-state index in [1.165, 1.54) is 14.2 Å². The molecular weight excluding hydrogens is 568 g/mol. The second-order valence-electron chi connectivity index (χ2n) is 7.47. The maximum absolute atomic E-state index is 12.7. The van der Waals surface area contributed by atoms with Crippen molar-refractivity contribution in [1.82, 2.24) is 10.2 Å². The van der Waals surface area contributed by atoms with Crippen molar-refractivity contribution in [2.24, 2.45) is 0 Å². The molecule has 2 N–H and O–H groups in total. The summed E-state index contributed by atoms with van der Waals surface area (Å²) in [7, 11) is 2.97. The third-order valence-electron chi connectivity index (χ3n) is 4.91.